The summed E-state index contributed by atoms with van der Waals surface area (Å²) in [6.45, 7) is 9.20. The Bertz CT molecular complexity index is 417. The van der Waals surface area contributed by atoms with Crippen LogP contribution in [-0.4, -0.2) is 58.8 Å². The van der Waals surface area contributed by atoms with Gasteiger partial charge in [-0.2, -0.15) is 0 Å². The largest absolute Gasteiger partial charge is 0.481 e. The molecule has 0 aliphatic carbocycles. The Hall–Kier alpha value is -1.40. The van der Waals surface area contributed by atoms with Gasteiger partial charge in [0.15, 0.2) is 0 Å². The molecule has 1 N–H and O–H groups in total. The van der Waals surface area contributed by atoms with Crippen LogP contribution in [-0.2, 0) is 11.3 Å². The first kappa shape index (κ1) is 14.0. The van der Waals surface area contributed by atoms with Crippen LogP contribution in [0.5, 0.6) is 0 Å². The van der Waals surface area contributed by atoms with Gasteiger partial charge >= 0.3 is 5.97 Å². The van der Waals surface area contributed by atoms with E-state index in [1.165, 1.54) is 5.56 Å². The second-order valence-corrected chi connectivity index (χ2v) is 5.06. The summed E-state index contributed by atoms with van der Waals surface area (Å²) >= 11 is 0. The third kappa shape index (κ3) is 3.78. The minimum absolute atomic E-state index is 0.226. The highest BCUT2D eigenvalue weighted by atomic mass is 16.5. The number of carboxylic acid groups (broad SMARTS) is 1. The second-order valence-electron chi connectivity index (χ2n) is 5.06. The molecule has 6 heteroatoms. The predicted octanol–water partition coefficient (Wildman–Crippen LogP) is 0.884. The van der Waals surface area contributed by atoms with Crippen LogP contribution >= 0.6 is 0 Å². The first-order chi connectivity index (χ1) is 9.06. The van der Waals surface area contributed by atoms with Gasteiger partial charge < -0.3 is 14.5 Å². The van der Waals surface area contributed by atoms with Crippen molar-refractivity contribution in [1.29, 1.82) is 0 Å². The zero-order valence-electron chi connectivity index (χ0n) is 11.6. The molecule has 1 aliphatic heterocycles. The number of hydrogen-bond donors (Lipinski definition) is 1. The number of rotatable bonds is 5. The molecule has 0 atom stereocenters. The van der Waals surface area contributed by atoms with E-state index < -0.39 is 5.97 Å². The van der Waals surface area contributed by atoms with Crippen LogP contribution in [0.3, 0.4) is 0 Å². The summed E-state index contributed by atoms with van der Waals surface area (Å²) in [5.41, 5.74) is 2.14. The van der Waals surface area contributed by atoms with Gasteiger partial charge in [-0.05, 0) is 13.8 Å². The number of piperazine rings is 1. The second kappa shape index (κ2) is 6.16. The SMILES string of the molecule is Cc1noc(C)c1CN1CCN(CCC(=O)O)CC1. The molecule has 1 aromatic heterocycles. The van der Waals surface area contributed by atoms with E-state index in [-0.39, 0.29) is 6.42 Å². The predicted molar refractivity (Wildman–Crippen MR) is 69.9 cm³/mol. The fourth-order valence-corrected chi connectivity index (χ4v) is 2.38. The quantitative estimate of drug-likeness (QED) is 0.854. The van der Waals surface area contributed by atoms with Crippen molar-refractivity contribution in [3.05, 3.63) is 17.0 Å². The van der Waals surface area contributed by atoms with E-state index in [9.17, 15) is 4.79 Å². The highest BCUT2D eigenvalue weighted by Crippen LogP contribution is 2.16. The van der Waals surface area contributed by atoms with E-state index in [0.29, 0.717) is 6.54 Å². The molecule has 19 heavy (non-hydrogen) atoms. The van der Waals surface area contributed by atoms with Gasteiger partial charge in [0, 0.05) is 44.8 Å². The maximum atomic E-state index is 10.5. The van der Waals surface area contributed by atoms with Crippen molar-refractivity contribution < 1.29 is 14.4 Å². The molecule has 0 unspecified atom stereocenters. The topological polar surface area (TPSA) is 69.8 Å². The lowest BCUT2D eigenvalue weighted by atomic mass is 10.2. The van der Waals surface area contributed by atoms with Crippen LogP contribution in [0.2, 0.25) is 0 Å². The van der Waals surface area contributed by atoms with E-state index in [4.69, 9.17) is 9.63 Å². The van der Waals surface area contributed by atoms with Crippen LogP contribution in [0.25, 0.3) is 0 Å². The van der Waals surface area contributed by atoms with Gasteiger partial charge in [0.25, 0.3) is 0 Å². The number of hydrogen-bond acceptors (Lipinski definition) is 5. The van der Waals surface area contributed by atoms with Crippen LogP contribution in [0.15, 0.2) is 4.52 Å². The highest BCUT2D eigenvalue weighted by Gasteiger charge is 2.19. The van der Waals surface area contributed by atoms with E-state index in [1.54, 1.807) is 0 Å². The Balaban J connectivity index is 1.79. The molecule has 1 aliphatic rings. The molecule has 1 fully saturated rings. The fraction of sp³-hybridized carbons (Fsp3) is 0.692. The van der Waals surface area contributed by atoms with Crippen molar-refractivity contribution >= 4 is 5.97 Å². The van der Waals surface area contributed by atoms with E-state index in [0.717, 1.165) is 44.2 Å². The van der Waals surface area contributed by atoms with E-state index in [1.807, 2.05) is 13.8 Å². The average molecular weight is 267 g/mol. The number of carbonyl (C=O) groups is 1. The van der Waals surface area contributed by atoms with Crippen LogP contribution in [0.1, 0.15) is 23.4 Å². The molecule has 0 amide bonds. The third-order valence-electron chi connectivity index (χ3n) is 3.67. The van der Waals surface area contributed by atoms with Gasteiger partial charge in [-0.1, -0.05) is 5.16 Å². The first-order valence-corrected chi connectivity index (χ1v) is 6.64. The molecule has 0 radical (unpaired) electrons. The van der Waals surface area contributed by atoms with Gasteiger partial charge in [0.2, 0.25) is 0 Å². The molecular formula is C13H21N3O3. The number of aryl methyl sites for hydroxylation is 2. The van der Waals surface area contributed by atoms with Gasteiger partial charge in [0.1, 0.15) is 5.76 Å². The Morgan fingerprint density at radius 1 is 1.26 bits per heavy atom. The van der Waals surface area contributed by atoms with Gasteiger partial charge in [-0.25, -0.2) is 0 Å². The van der Waals surface area contributed by atoms with Crippen molar-refractivity contribution in [2.75, 3.05) is 32.7 Å². The van der Waals surface area contributed by atoms with Crippen LogP contribution < -0.4 is 0 Å². The van der Waals surface area contributed by atoms with Crippen molar-refractivity contribution in [2.45, 2.75) is 26.8 Å². The Morgan fingerprint density at radius 3 is 2.42 bits per heavy atom. The molecule has 0 bridgehead atoms. The van der Waals surface area contributed by atoms with Crippen molar-refractivity contribution in [1.82, 2.24) is 15.0 Å². The molecule has 2 heterocycles. The highest BCUT2D eigenvalue weighted by molar-refractivity contribution is 5.66. The van der Waals surface area contributed by atoms with E-state index in [2.05, 4.69) is 15.0 Å². The molecule has 0 spiro atoms. The van der Waals surface area contributed by atoms with E-state index >= 15 is 0 Å². The molecule has 1 saturated heterocycles. The van der Waals surface area contributed by atoms with Gasteiger partial charge in [-0.15, -0.1) is 0 Å². The lowest BCUT2D eigenvalue weighted by Crippen LogP contribution is -2.46. The Morgan fingerprint density at radius 2 is 1.89 bits per heavy atom. The number of carboxylic acids is 1. The third-order valence-corrected chi connectivity index (χ3v) is 3.67. The first-order valence-electron chi connectivity index (χ1n) is 6.64. The molecule has 6 nitrogen and oxygen atoms in total. The summed E-state index contributed by atoms with van der Waals surface area (Å²) in [6.07, 6.45) is 0.226. The summed E-state index contributed by atoms with van der Waals surface area (Å²) in [5, 5.41) is 12.6. The monoisotopic (exact) mass is 267 g/mol. The minimum atomic E-state index is -0.724. The number of aromatic nitrogens is 1. The smallest absolute Gasteiger partial charge is 0.304 e. The standard InChI is InChI=1S/C13H21N3O3/c1-10-12(11(2)19-14-10)9-16-7-5-15(6-8-16)4-3-13(17)18/h3-9H2,1-2H3,(H,17,18). The number of aliphatic carboxylic acids is 1. The molecule has 2 rings (SSSR count). The van der Waals surface area contributed by atoms with Gasteiger partial charge in [-0.3, -0.25) is 9.69 Å². The average Bonchev–Trinajstić information content (AvgIpc) is 2.70. The van der Waals surface area contributed by atoms with Crippen LogP contribution in [0, 0.1) is 13.8 Å². The zero-order valence-corrected chi connectivity index (χ0v) is 11.6. The summed E-state index contributed by atoms with van der Waals surface area (Å²) in [7, 11) is 0. The lowest BCUT2D eigenvalue weighted by molar-refractivity contribution is -0.137. The summed E-state index contributed by atoms with van der Waals surface area (Å²) in [5.74, 6) is 0.170. The maximum Gasteiger partial charge on any atom is 0.304 e. The molecule has 0 aromatic carbocycles. The van der Waals surface area contributed by atoms with Crippen molar-refractivity contribution in [3.63, 3.8) is 0 Å². The zero-order chi connectivity index (χ0) is 13.8. The van der Waals surface area contributed by atoms with Crippen molar-refractivity contribution in [3.8, 4) is 0 Å². The van der Waals surface area contributed by atoms with Gasteiger partial charge in [0.05, 0.1) is 12.1 Å². The lowest BCUT2D eigenvalue weighted by Gasteiger charge is -2.34. The minimum Gasteiger partial charge on any atom is -0.481 e. The fourth-order valence-electron chi connectivity index (χ4n) is 2.38. The van der Waals surface area contributed by atoms with Crippen LogP contribution in [0.4, 0.5) is 0 Å². The summed E-state index contributed by atoms with van der Waals surface area (Å²) in [4.78, 5) is 15.1. The summed E-state index contributed by atoms with van der Waals surface area (Å²) < 4.78 is 5.17. The molecule has 1 aromatic rings. The summed E-state index contributed by atoms with van der Waals surface area (Å²) in [6, 6.07) is 0. The van der Waals surface area contributed by atoms with Crippen molar-refractivity contribution in [2.24, 2.45) is 0 Å². The molecule has 0 saturated carbocycles. The maximum absolute atomic E-state index is 10.5. The normalized spacial score (nSPS) is 17.8. The Kier molecular flexibility index (Phi) is 4.55. The molecule has 106 valence electrons. The molecular weight excluding hydrogens is 246 g/mol. The number of nitrogens with zero attached hydrogens (tertiary/aromatic N) is 3. The Labute approximate surface area is 113 Å².